The number of hydrogen-bond donors (Lipinski definition) is 3. The average molecular weight is 254 g/mol. The molecule has 2 unspecified atom stereocenters. The molecule has 4 nitrogen and oxygen atoms in total. The van der Waals surface area contributed by atoms with E-state index < -0.39 is 0 Å². The number of aliphatic hydroxyl groups is 1. The first-order valence-corrected chi connectivity index (χ1v) is 6.46. The minimum Gasteiger partial charge on any atom is -0.409 e. The number of nitrogens with two attached hydrogens (primary N) is 1. The summed E-state index contributed by atoms with van der Waals surface area (Å²) in [5.41, 5.74) is 7.31. The monoisotopic (exact) mass is 254 g/mol. The first kappa shape index (κ1) is 13.9. The van der Waals surface area contributed by atoms with E-state index in [2.05, 4.69) is 5.16 Å². The summed E-state index contributed by atoms with van der Waals surface area (Å²) in [6.07, 6.45) is -0.327. The second-order valence-electron chi connectivity index (χ2n) is 3.94. The fourth-order valence-corrected chi connectivity index (χ4v) is 2.16. The molecule has 0 aliphatic heterocycles. The van der Waals surface area contributed by atoms with Crippen molar-refractivity contribution < 1.29 is 10.3 Å². The van der Waals surface area contributed by atoms with Crippen LogP contribution in [0.3, 0.4) is 0 Å². The Balaban J connectivity index is 2.66. The van der Waals surface area contributed by atoms with Gasteiger partial charge >= 0.3 is 0 Å². The van der Waals surface area contributed by atoms with Crippen LogP contribution in [0.25, 0.3) is 0 Å². The molecule has 17 heavy (non-hydrogen) atoms. The Hall–Kier alpha value is -1.20. The third-order valence-electron chi connectivity index (χ3n) is 2.52. The van der Waals surface area contributed by atoms with E-state index in [0.29, 0.717) is 5.56 Å². The molecule has 2 atom stereocenters. The molecule has 5 heteroatoms. The van der Waals surface area contributed by atoms with Crippen LogP contribution in [0.15, 0.2) is 29.4 Å². The zero-order valence-corrected chi connectivity index (χ0v) is 10.8. The molecular formula is C12H18N2O2S. The molecule has 0 amide bonds. The molecule has 4 N–H and O–H groups in total. The van der Waals surface area contributed by atoms with Crippen LogP contribution in [-0.2, 0) is 5.75 Å². The van der Waals surface area contributed by atoms with E-state index in [9.17, 15) is 5.11 Å². The maximum atomic E-state index is 9.39. The van der Waals surface area contributed by atoms with E-state index in [4.69, 9.17) is 10.9 Å². The highest BCUT2D eigenvalue weighted by atomic mass is 32.2. The van der Waals surface area contributed by atoms with Crippen LogP contribution in [0.5, 0.6) is 0 Å². The van der Waals surface area contributed by atoms with E-state index in [1.54, 1.807) is 24.8 Å². The zero-order valence-electron chi connectivity index (χ0n) is 10.00. The van der Waals surface area contributed by atoms with Gasteiger partial charge in [-0.15, -0.1) is 0 Å². The Morgan fingerprint density at radius 2 is 2.18 bits per heavy atom. The van der Waals surface area contributed by atoms with Gasteiger partial charge in [-0.3, -0.25) is 0 Å². The smallest absolute Gasteiger partial charge is 0.170 e. The van der Waals surface area contributed by atoms with Gasteiger partial charge in [0.05, 0.1) is 6.10 Å². The third-order valence-corrected chi connectivity index (χ3v) is 3.94. The van der Waals surface area contributed by atoms with Gasteiger partial charge < -0.3 is 16.0 Å². The lowest BCUT2D eigenvalue weighted by atomic mass is 10.1. The molecule has 1 rings (SSSR count). The van der Waals surface area contributed by atoms with E-state index in [1.807, 2.05) is 25.1 Å². The maximum absolute atomic E-state index is 9.39. The van der Waals surface area contributed by atoms with Crippen molar-refractivity contribution in [2.75, 3.05) is 0 Å². The van der Waals surface area contributed by atoms with Crippen LogP contribution < -0.4 is 5.73 Å². The summed E-state index contributed by atoms with van der Waals surface area (Å²) in [6.45, 7) is 3.77. The highest BCUT2D eigenvalue weighted by Gasteiger charge is 2.09. The minimum absolute atomic E-state index is 0.112. The number of oxime groups is 1. The van der Waals surface area contributed by atoms with Crippen molar-refractivity contribution in [3.63, 3.8) is 0 Å². The molecule has 0 saturated carbocycles. The van der Waals surface area contributed by atoms with Crippen molar-refractivity contribution in [1.82, 2.24) is 0 Å². The van der Waals surface area contributed by atoms with Crippen molar-refractivity contribution in [3.8, 4) is 0 Å². The lowest BCUT2D eigenvalue weighted by Gasteiger charge is -2.14. The molecule has 0 bridgehead atoms. The van der Waals surface area contributed by atoms with Crippen molar-refractivity contribution >= 4 is 17.6 Å². The first-order valence-electron chi connectivity index (χ1n) is 5.41. The minimum atomic E-state index is -0.327. The standard InChI is InChI=1S/C12H18N2O2S/c1-8(15)9(2)17-7-10-4-3-5-11(6-10)12(13)14-16/h3-6,8-9,15-16H,7H2,1-2H3,(H2,13,14). The zero-order chi connectivity index (χ0) is 12.8. The van der Waals surface area contributed by atoms with Gasteiger partial charge in [0, 0.05) is 16.6 Å². The number of hydrogen-bond acceptors (Lipinski definition) is 4. The van der Waals surface area contributed by atoms with Crippen LogP contribution in [-0.4, -0.2) is 27.5 Å². The quantitative estimate of drug-likeness (QED) is 0.324. The van der Waals surface area contributed by atoms with Crippen molar-refractivity contribution in [2.45, 2.75) is 31.0 Å². The Bertz CT molecular complexity index is 394. The van der Waals surface area contributed by atoms with E-state index >= 15 is 0 Å². The molecule has 0 radical (unpaired) electrons. The second kappa shape index (κ2) is 6.51. The van der Waals surface area contributed by atoms with Gasteiger partial charge in [-0.2, -0.15) is 11.8 Å². The number of rotatable bonds is 5. The molecular weight excluding hydrogens is 236 g/mol. The second-order valence-corrected chi connectivity index (χ2v) is 5.31. The maximum Gasteiger partial charge on any atom is 0.170 e. The van der Waals surface area contributed by atoms with Gasteiger partial charge in [0.2, 0.25) is 0 Å². The van der Waals surface area contributed by atoms with Crippen LogP contribution in [0.2, 0.25) is 0 Å². The van der Waals surface area contributed by atoms with E-state index in [1.165, 1.54) is 0 Å². The summed E-state index contributed by atoms with van der Waals surface area (Å²) >= 11 is 1.67. The summed E-state index contributed by atoms with van der Waals surface area (Å²) in [4.78, 5) is 0. The van der Waals surface area contributed by atoms with E-state index in [-0.39, 0.29) is 17.2 Å². The topological polar surface area (TPSA) is 78.8 Å². The molecule has 94 valence electrons. The summed E-state index contributed by atoms with van der Waals surface area (Å²) < 4.78 is 0. The van der Waals surface area contributed by atoms with Gasteiger partial charge in [0.15, 0.2) is 5.84 Å². The molecule has 0 saturated heterocycles. The fraction of sp³-hybridized carbons (Fsp3) is 0.417. The predicted octanol–water partition coefficient (Wildman–Crippen LogP) is 1.78. The average Bonchev–Trinajstić information content (AvgIpc) is 2.35. The van der Waals surface area contributed by atoms with Gasteiger partial charge in [0.1, 0.15) is 0 Å². The molecule has 1 aromatic carbocycles. The fourth-order valence-electron chi connectivity index (χ4n) is 1.25. The summed E-state index contributed by atoms with van der Waals surface area (Å²) in [6, 6.07) is 7.53. The lowest BCUT2D eigenvalue weighted by Crippen LogP contribution is -2.15. The van der Waals surface area contributed by atoms with Gasteiger partial charge in [-0.1, -0.05) is 30.3 Å². The van der Waals surface area contributed by atoms with Crippen molar-refractivity contribution in [2.24, 2.45) is 10.9 Å². The predicted molar refractivity (Wildman–Crippen MR) is 71.4 cm³/mol. The SMILES string of the molecule is CC(O)C(C)SCc1cccc(/C(N)=N/O)c1. The molecule has 0 heterocycles. The van der Waals surface area contributed by atoms with Gasteiger partial charge in [-0.05, 0) is 18.6 Å². The normalized spacial score (nSPS) is 15.6. The molecule has 0 fully saturated rings. The van der Waals surface area contributed by atoms with Gasteiger partial charge in [-0.25, -0.2) is 0 Å². The summed E-state index contributed by atoms with van der Waals surface area (Å²) in [5.74, 6) is 0.902. The lowest BCUT2D eigenvalue weighted by molar-refractivity contribution is 0.196. The highest BCUT2D eigenvalue weighted by molar-refractivity contribution is 7.99. The number of thioether (sulfide) groups is 1. The van der Waals surface area contributed by atoms with Crippen LogP contribution >= 0.6 is 11.8 Å². The Kier molecular flexibility index (Phi) is 5.31. The largest absolute Gasteiger partial charge is 0.409 e. The number of benzene rings is 1. The Morgan fingerprint density at radius 3 is 2.76 bits per heavy atom. The Labute approximate surface area is 106 Å². The molecule has 0 aliphatic rings. The third kappa shape index (κ3) is 4.28. The first-order chi connectivity index (χ1) is 8.04. The van der Waals surface area contributed by atoms with E-state index in [0.717, 1.165) is 11.3 Å². The van der Waals surface area contributed by atoms with Gasteiger partial charge in [0.25, 0.3) is 0 Å². The van der Waals surface area contributed by atoms with Crippen molar-refractivity contribution in [3.05, 3.63) is 35.4 Å². The molecule has 0 spiro atoms. The number of amidine groups is 1. The summed E-state index contributed by atoms with van der Waals surface area (Å²) in [7, 11) is 0. The molecule has 0 aromatic heterocycles. The molecule has 0 aliphatic carbocycles. The van der Waals surface area contributed by atoms with Crippen LogP contribution in [0.4, 0.5) is 0 Å². The number of nitrogens with zero attached hydrogens (tertiary/aromatic N) is 1. The number of aliphatic hydroxyl groups excluding tert-OH is 1. The van der Waals surface area contributed by atoms with Crippen LogP contribution in [0, 0.1) is 0 Å². The molecule has 1 aromatic rings. The van der Waals surface area contributed by atoms with Crippen molar-refractivity contribution in [1.29, 1.82) is 0 Å². The Morgan fingerprint density at radius 1 is 1.47 bits per heavy atom. The summed E-state index contributed by atoms with van der Waals surface area (Å²) in [5, 5.41) is 21.1. The highest BCUT2D eigenvalue weighted by Crippen LogP contribution is 2.20. The van der Waals surface area contributed by atoms with Crippen LogP contribution in [0.1, 0.15) is 25.0 Å².